The molecule has 0 saturated carbocycles. The van der Waals surface area contributed by atoms with Crippen LogP contribution >= 0.6 is 0 Å². The fourth-order valence-corrected chi connectivity index (χ4v) is 3.14. The molecule has 24 heavy (non-hydrogen) atoms. The molecule has 4 nitrogen and oxygen atoms in total. The Morgan fingerprint density at radius 1 is 1.33 bits per heavy atom. The van der Waals surface area contributed by atoms with E-state index in [2.05, 4.69) is 17.1 Å². The Kier molecular flexibility index (Phi) is 6.69. The smallest absolute Gasteiger partial charge is 0.223 e. The summed E-state index contributed by atoms with van der Waals surface area (Å²) in [6.07, 6.45) is 1.64. The summed E-state index contributed by atoms with van der Waals surface area (Å²) in [6, 6.07) is 2.70. The monoisotopic (exact) mass is 340 g/mol. The minimum atomic E-state index is -1.08. The summed E-state index contributed by atoms with van der Waals surface area (Å²) >= 11 is 0. The number of carbonyl (C=O) groups is 1. The molecule has 6 heteroatoms. The molecule has 1 aliphatic heterocycles. The van der Waals surface area contributed by atoms with E-state index in [0.717, 1.165) is 51.0 Å². The molecule has 1 heterocycles. The highest BCUT2D eigenvalue weighted by Gasteiger charge is 2.27. The van der Waals surface area contributed by atoms with Crippen LogP contribution in [-0.2, 0) is 4.79 Å². The van der Waals surface area contributed by atoms with E-state index in [0.29, 0.717) is 0 Å². The highest BCUT2D eigenvalue weighted by molar-refractivity contribution is 5.79. The van der Waals surface area contributed by atoms with Crippen molar-refractivity contribution in [1.29, 1.82) is 0 Å². The zero-order valence-corrected chi connectivity index (χ0v) is 14.3. The first-order chi connectivity index (χ1) is 11.4. The highest BCUT2D eigenvalue weighted by atomic mass is 19.2. The summed E-state index contributed by atoms with van der Waals surface area (Å²) in [5.74, 6) is -2.10. The summed E-state index contributed by atoms with van der Waals surface area (Å²) in [5.41, 5.74) is 0.250. The van der Waals surface area contributed by atoms with Gasteiger partial charge in [0.1, 0.15) is 0 Å². The van der Waals surface area contributed by atoms with Crippen LogP contribution in [-0.4, -0.2) is 41.6 Å². The lowest BCUT2D eigenvalue weighted by Crippen LogP contribution is -2.44. The number of benzene rings is 1. The number of halogens is 2. The van der Waals surface area contributed by atoms with Gasteiger partial charge in [0.2, 0.25) is 5.91 Å². The zero-order chi connectivity index (χ0) is 17.7. The molecule has 2 N–H and O–H groups in total. The maximum Gasteiger partial charge on any atom is 0.223 e. The molecule has 1 aliphatic rings. The molecular weight excluding hydrogens is 314 g/mol. The van der Waals surface area contributed by atoms with Crippen LogP contribution in [0.1, 0.15) is 44.8 Å². The van der Waals surface area contributed by atoms with E-state index in [4.69, 9.17) is 0 Å². The normalized spacial score (nSPS) is 19.0. The van der Waals surface area contributed by atoms with E-state index in [1.165, 1.54) is 6.07 Å². The van der Waals surface area contributed by atoms with Crippen LogP contribution in [0.25, 0.3) is 0 Å². The maximum atomic E-state index is 13.3. The predicted octanol–water partition coefficient (Wildman–Crippen LogP) is 2.62. The minimum absolute atomic E-state index is 0.0577. The van der Waals surface area contributed by atoms with Gasteiger partial charge in [0.05, 0.1) is 12.1 Å². The molecule has 1 fully saturated rings. The van der Waals surface area contributed by atoms with Crippen molar-refractivity contribution in [3.8, 4) is 0 Å². The van der Waals surface area contributed by atoms with Gasteiger partial charge in [-0.25, -0.2) is 8.78 Å². The quantitative estimate of drug-likeness (QED) is 0.837. The number of rotatable bonds is 6. The van der Waals surface area contributed by atoms with Crippen molar-refractivity contribution in [3.63, 3.8) is 0 Å². The van der Waals surface area contributed by atoms with E-state index in [9.17, 15) is 18.7 Å². The molecule has 2 atom stereocenters. The molecule has 0 spiro atoms. The number of hydrogen-bond acceptors (Lipinski definition) is 3. The second-order valence-electron chi connectivity index (χ2n) is 6.53. The Bertz CT molecular complexity index is 560. The van der Waals surface area contributed by atoms with Crippen molar-refractivity contribution in [2.24, 2.45) is 5.92 Å². The molecule has 1 saturated heterocycles. The van der Waals surface area contributed by atoms with Gasteiger partial charge in [0.25, 0.3) is 0 Å². The van der Waals surface area contributed by atoms with Crippen LogP contribution in [0.15, 0.2) is 18.2 Å². The summed E-state index contributed by atoms with van der Waals surface area (Å²) in [4.78, 5) is 14.7. The molecule has 134 valence electrons. The summed E-state index contributed by atoms with van der Waals surface area (Å²) in [5, 5.41) is 13.1. The number of aliphatic hydroxyl groups is 1. The molecule has 1 aromatic rings. The van der Waals surface area contributed by atoms with E-state index in [-0.39, 0.29) is 17.4 Å². The Balaban J connectivity index is 1.88. The van der Waals surface area contributed by atoms with Gasteiger partial charge >= 0.3 is 0 Å². The molecule has 0 bridgehead atoms. The van der Waals surface area contributed by atoms with E-state index in [1.54, 1.807) is 6.92 Å². The number of piperidine rings is 1. The number of hydrogen-bond donors (Lipinski definition) is 2. The molecule has 0 aromatic heterocycles. The molecule has 0 radical (unpaired) electrons. The maximum absolute atomic E-state index is 13.3. The third-order valence-electron chi connectivity index (χ3n) is 4.63. The largest absolute Gasteiger partial charge is 0.386 e. The van der Waals surface area contributed by atoms with Crippen molar-refractivity contribution in [1.82, 2.24) is 10.2 Å². The van der Waals surface area contributed by atoms with Crippen molar-refractivity contribution >= 4 is 5.91 Å². The van der Waals surface area contributed by atoms with Crippen molar-refractivity contribution < 1.29 is 18.7 Å². The molecule has 1 amide bonds. The molecular formula is C18H26F2N2O2. The van der Waals surface area contributed by atoms with E-state index < -0.39 is 23.8 Å². The fourth-order valence-electron chi connectivity index (χ4n) is 3.14. The van der Waals surface area contributed by atoms with Gasteiger partial charge in [-0.05, 0) is 63.5 Å². The van der Waals surface area contributed by atoms with Gasteiger partial charge in [-0.3, -0.25) is 4.79 Å². The van der Waals surface area contributed by atoms with Gasteiger partial charge in [0.15, 0.2) is 11.6 Å². The third-order valence-corrected chi connectivity index (χ3v) is 4.63. The number of aliphatic hydroxyl groups excluding tert-OH is 1. The Morgan fingerprint density at radius 3 is 2.58 bits per heavy atom. The summed E-state index contributed by atoms with van der Waals surface area (Å²) in [7, 11) is 0. The van der Waals surface area contributed by atoms with Crippen LogP contribution in [0.2, 0.25) is 0 Å². The van der Waals surface area contributed by atoms with Crippen molar-refractivity contribution in [3.05, 3.63) is 35.4 Å². The first-order valence-corrected chi connectivity index (χ1v) is 8.58. The predicted molar refractivity (Wildman–Crippen MR) is 88.4 cm³/mol. The number of likely N-dealkylation sites (tertiary alicyclic amines) is 1. The highest BCUT2D eigenvalue weighted by Crippen LogP contribution is 2.21. The van der Waals surface area contributed by atoms with Crippen LogP contribution in [0.3, 0.4) is 0 Å². The zero-order valence-electron chi connectivity index (χ0n) is 14.3. The number of carbonyl (C=O) groups excluding carboxylic acids is 1. The van der Waals surface area contributed by atoms with Crippen LogP contribution in [0, 0.1) is 17.6 Å². The van der Waals surface area contributed by atoms with Crippen molar-refractivity contribution in [2.75, 3.05) is 19.6 Å². The molecule has 1 aromatic carbocycles. The third kappa shape index (κ3) is 4.74. The second-order valence-corrected chi connectivity index (χ2v) is 6.53. The lowest BCUT2D eigenvalue weighted by Gasteiger charge is -2.32. The topological polar surface area (TPSA) is 52.6 Å². The summed E-state index contributed by atoms with van der Waals surface area (Å²) < 4.78 is 26.2. The Labute approximate surface area is 141 Å². The van der Waals surface area contributed by atoms with Crippen LogP contribution < -0.4 is 5.32 Å². The minimum Gasteiger partial charge on any atom is -0.386 e. The number of nitrogens with one attached hydrogen (secondary N) is 1. The second kappa shape index (κ2) is 8.53. The van der Waals surface area contributed by atoms with Gasteiger partial charge in [-0.1, -0.05) is 13.0 Å². The first-order valence-electron chi connectivity index (χ1n) is 8.58. The van der Waals surface area contributed by atoms with Gasteiger partial charge in [-0.15, -0.1) is 0 Å². The Morgan fingerprint density at radius 2 is 2.00 bits per heavy atom. The van der Waals surface area contributed by atoms with Crippen molar-refractivity contribution in [2.45, 2.75) is 45.3 Å². The fraction of sp³-hybridized carbons (Fsp3) is 0.611. The average Bonchev–Trinajstić information content (AvgIpc) is 2.57. The molecule has 0 aliphatic carbocycles. The SMILES string of the molecule is CCCN1CCC(C(=O)NC(C)C(O)c2ccc(F)c(F)c2)CC1. The number of amides is 1. The van der Waals surface area contributed by atoms with Crippen LogP contribution in [0.5, 0.6) is 0 Å². The van der Waals surface area contributed by atoms with Crippen LogP contribution in [0.4, 0.5) is 8.78 Å². The Hall–Kier alpha value is -1.53. The van der Waals surface area contributed by atoms with Gasteiger partial charge in [-0.2, -0.15) is 0 Å². The first kappa shape index (κ1) is 18.8. The van der Waals surface area contributed by atoms with E-state index >= 15 is 0 Å². The molecule has 2 unspecified atom stereocenters. The van der Waals surface area contributed by atoms with E-state index in [1.807, 2.05) is 0 Å². The standard InChI is InChI=1S/C18H26F2N2O2/c1-3-8-22-9-6-13(7-10-22)18(24)21-12(2)17(23)14-4-5-15(19)16(20)11-14/h4-5,11-13,17,23H,3,6-10H2,1-2H3,(H,21,24). The average molecular weight is 340 g/mol. The summed E-state index contributed by atoms with van der Waals surface area (Å²) in [6.45, 7) is 6.67. The molecule has 2 rings (SSSR count). The number of nitrogens with zero attached hydrogens (tertiary/aromatic N) is 1. The van der Waals surface area contributed by atoms with Gasteiger partial charge in [0, 0.05) is 5.92 Å². The lowest BCUT2D eigenvalue weighted by molar-refractivity contribution is -0.127. The lowest BCUT2D eigenvalue weighted by atomic mass is 9.94. The van der Waals surface area contributed by atoms with Gasteiger partial charge < -0.3 is 15.3 Å².